The van der Waals surface area contributed by atoms with E-state index in [1.54, 1.807) is 30.9 Å². The van der Waals surface area contributed by atoms with Crippen molar-refractivity contribution in [3.05, 3.63) is 35.9 Å². The zero-order chi connectivity index (χ0) is 52.0. The normalized spacial score (nSPS) is 18.3. The molecule has 20 nitrogen and oxygen atoms in total. The Morgan fingerprint density at radius 1 is 0.775 bits per heavy atom. The van der Waals surface area contributed by atoms with Crippen LogP contribution in [-0.4, -0.2) is 225 Å². The van der Waals surface area contributed by atoms with Crippen LogP contribution in [0.1, 0.15) is 65.9 Å². The second kappa shape index (κ2) is 35.3. The molecule has 0 spiro atoms. The minimum atomic E-state index is -0.892. The molecule has 71 heavy (non-hydrogen) atoms. The van der Waals surface area contributed by atoms with Gasteiger partial charge in [0.25, 0.3) is 0 Å². The van der Waals surface area contributed by atoms with Crippen molar-refractivity contribution in [3.8, 4) is 0 Å². The maximum atomic E-state index is 14.3. The first kappa shape index (κ1) is 61.5. The third-order valence-corrected chi connectivity index (χ3v) is 13.3. The lowest BCUT2D eigenvalue weighted by molar-refractivity contribution is -0.146. The number of nitrogens with zero attached hydrogens (tertiary/aromatic N) is 3. The van der Waals surface area contributed by atoms with Crippen molar-refractivity contribution in [1.29, 1.82) is 0 Å². The first-order valence-corrected chi connectivity index (χ1v) is 25.7. The number of rotatable bonds is 37. The summed E-state index contributed by atoms with van der Waals surface area (Å²) in [7, 11) is 4.78. The highest BCUT2D eigenvalue weighted by Gasteiger charge is 2.42. The van der Waals surface area contributed by atoms with E-state index >= 15 is 0 Å². The average Bonchev–Trinajstić information content (AvgIpc) is 3.86. The molecule has 2 aliphatic heterocycles. The van der Waals surface area contributed by atoms with Gasteiger partial charge in [0, 0.05) is 67.0 Å². The minimum absolute atomic E-state index is 0.00571. The van der Waals surface area contributed by atoms with Crippen LogP contribution >= 0.6 is 0 Å². The second-order valence-corrected chi connectivity index (χ2v) is 18.7. The molecule has 8 atom stereocenters. The van der Waals surface area contributed by atoms with Crippen LogP contribution in [0, 0.1) is 17.8 Å². The Morgan fingerprint density at radius 3 is 1.92 bits per heavy atom. The van der Waals surface area contributed by atoms with Crippen LogP contribution in [0.2, 0.25) is 0 Å². The Kier molecular flexibility index (Phi) is 30.6. The maximum absolute atomic E-state index is 14.3. The molecule has 0 aliphatic carbocycles. The van der Waals surface area contributed by atoms with Crippen molar-refractivity contribution in [2.45, 2.75) is 103 Å². The molecule has 5 amide bonds. The fraction of sp³-hybridized carbons (Fsp3) is 0.784. The summed E-state index contributed by atoms with van der Waals surface area (Å²) in [4.78, 5) is 74.9. The highest BCUT2D eigenvalue weighted by atomic mass is 16.6. The fourth-order valence-corrected chi connectivity index (χ4v) is 9.35. The van der Waals surface area contributed by atoms with Crippen LogP contribution in [0.3, 0.4) is 0 Å². The number of likely N-dealkylation sites (tertiary alicyclic amines) is 1. The van der Waals surface area contributed by atoms with Crippen molar-refractivity contribution in [3.63, 3.8) is 0 Å². The molecule has 0 bridgehead atoms. The molecule has 0 saturated carbocycles. The van der Waals surface area contributed by atoms with Gasteiger partial charge in [-0.1, -0.05) is 71.4 Å². The van der Waals surface area contributed by atoms with E-state index in [2.05, 4.69) is 26.2 Å². The van der Waals surface area contributed by atoms with E-state index in [-0.39, 0.29) is 86.6 Å². The molecule has 0 aromatic heterocycles. The number of carbonyl (C=O) groups excluding carboxylic acids is 5. The summed E-state index contributed by atoms with van der Waals surface area (Å²) < 4.78 is 39.2. The van der Waals surface area contributed by atoms with Crippen LogP contribution in [0.5, 0.6) is 0 Å². The van der Waals surface area contributed by atoms with Gasteiger partial charge < -0.3 is 69.3 Å². The lowest BCUT2D eigenvalue weighted by atomic mass is 9.90. The number of nitrogens with one attached hydrogen (secondary N) is 4. The van der Waals surface area contributed by atoms with E-state index in [0.29, 0.717) is 78.8 Å². The number of carbonyl (C=O) groups is 5. The third-order valence-electron chi connectivity index (χ3n) is 13.3. The summed E-state index contributed by atoms with van der Waals surface area (Å²) in [5.41, 5.74) is 0.872. The molecule has 5 N–H and O–H groups in total. The van der Waals surface area contributed by atoms with Gasteiger partial charge in [-0.25, -0.2) is 0 Å². The van der Waals surface area contributed by atoms with Crippen molar-refractivity contribution in [2.75, 3.05) is 140 Å². The number of hydrogen-bond acceptors (Lipinski definition) is 15. The zero-order valence-corrected chi connectivity index (χ0v) is 44.0. The third kappa shape index (κ3) is 21.7. The Labute approximate surface area is 423 Å². The summed E-state index contributed by atoms with van der Waals surface area (Å²) in [6.07, 6.45) is 0.971. The molecule has 1 aromatic carbocycles. The fourth-order valence-electron chi connectivity index (χ4n) is 9.35. The first-order chi connectivity index (χ1) is 34.3. The number of piperazine rings is 1. The van der Waals surface area contributed by atoms with Crippen LogP contribution in [0.4, 0.5) is 0 Å². The van der Waals surface area contributed by atoms with Crippen LogP contribution in [0.25, 0.3) is 0 Å². The van der Waals surface area contributed by atoms with Crippen LogP contribution in [0.15, 0.2) is 30.3 Å². The smallest absolute Gasteiger partial charge is 0.243 e. The molecule has 2 fully saturated rings. The molecule has 2 saturated heterocycles. The maximum Gasteiger partial charge on any atom is 0.243 e. The molecule has 1 aromatic rings. The molecule has 0 radical (unpaired) electrons. The standard InChI is InChI=1S/C51H89N7O13/c1-9-38(4)47(56(6)45(61)36-54-51(64)46(37(2)3)57-21-17-52-18-22-57)43(65-7)35-44(60)58-20-13-16-42(58)48(66-8)39(5)49(62)55-41(34-40-14-11-10-12-15-40)50(63)53-19-24-67-26-28-69-30-32-71-33-31-70-29-27-68-25-23-59/h10-12,14-15,37-39,41-43,46-48,52,59H,9,13,16-36H2,1-8H3,(H,53,63)(H,54,64)(H,55,62). The van der Waals surface area contributed by atoms with Crippen molar-refractivity contribution >= 4 is 29.5 Å². The zero-order valence-electron chi connectivity index (χ0n) is 44.0. The minimum Gasteiger partial charge on any atom is -0.394 e. The molecule has 406 valence electrons. The number of amides is 5. The lowest BCUT2D eigenvalue weighted by Crippen LogP contribution is -2.57. The summed E-state index contributed by atoms with van der Waals surface area (Å²) in [5, 5.41) is 20.8. The Balaban J connectivity index is 1.55. The molecule has 3 rings (SSSR count). The number of methoxy groups -OCH3 is 2. The Bertz CT molecular complexity index is 1660. The van der Waals surface area contributed by atoms with Gasteiger partial charge >= 0.3 is 0 Å². The van der Waals surface area contributed by atoms with Crippen molar-refractivity contribution in [2.24, 2.45) is 17.8 Å². The van der Waals surface area contributed by atoms with Crippen LogP contribution in [-0.2, 0) is 63.6 Å². The van der Waals surface area contributed by atoms with Gasteiger partial charge in [0.2, 0.25) is 29.5 Å². The van der Waals surface area contributed by atoms with Gasteiger partial charge in [-0.3, -0.25) is 28.9 Å². The molecule has 20 heteroatoms. The summed E-state index contributed by atoms with van der Waals surface area (Å²) >= 11 is 0. The molecule has 8 unspecified atom stereocenters. The van der Waals surface area contributed by atoms with Gasteiger partial charge in [0.15, 0.2) is 0 Å². The van der Waals surface area contributed by atoms with Gasteiger partial charge in [-0.2, -0.15) is 0 Å². The number of benzene rings is 1. The average molecular weight is 1010 g/mol. The Hall–Kier alpha value is -3.83. The number of likely N-dealkylation sites (N-methyl/N-ethyl adjacent to an activating group) is 1. The van der Waals surface area contributed by atoms with E-state index in [4.69, 9.17) is 38.3 Å². The summed E-state index contributed by atoms with van der Waals surface area (Å²) in [6.45, 7) is 17.2. The van der Waals surface area contributed by atoms with Crippen molar-refractivity contribution < 1.29 is 62.2 Å². The molecular weight excluding hydrogens is 919 g/mol. The lowest BCUT2D eigenvalue weighted by Gasteiger charge is -2.39. The quantitative estimate of drug-likeness (QED) is 0.0583. The predicted octanol–water partition coefficient (Wildman–Crippen LogP) is 0.872. The van der Waals surface area contributed by atoms with Gasteiger partial charge in [0.1, 0.15) is 6.04 Å². The van der Waals surface area contributed by atoms with Crippen LogP contribution < -0.4 is 21.3 Å². The number of aliphatic hydroxyl groups is 1. The molecular formula is C51H89N7O13. The number of ether oxygens (including phenoxy) is 7. The van der Waals surface area contributed by atoms with E-state index < -0.39 is 36.3 Å². The van der Waals surface area contributed by atoms with Gasteiger partial charge in [0.05, 0.1) is 122 Å². The summed E-state index contributed by atoms with van der Waals surface area (Å²) in [5.74, 6) is -2.08. The van der Waals surface area contributed by atoms with E-state index in [1.807, 2.05) is 58.0 Å². The second-order valence-electron chi connectivity index (χ2n) is 18.7. The van der Waals surface area contributed by atoms with E-state index in [9.17, 15) is 24.0 Å². The highest BCUT2D eigenvalue weighted by molar-refractivity contribution is 5.89. The number of aliphatic hydroxyl groups excluding tert-OH is 1. The first-order valence-electron chi connectivity index (χ1n) is 25.7. The SMILES string of the molecule is CCC(C)C(C(CC(=O)N1CCCC1C(OC)C(C)C(=O)NC(Cc1ccccc1)C(=O)NCCOCCOCCOCCOCCOCCO)OC)N(C)C(=O)CNC(=O)C(C(C)C)N1CCNCC1. The van der Waals surface area contributed by atoms with E-state index in [0.717, 1.165) is 38.2 Å². The molecule has 2 aliphatic rings. The van der Waals surface area contributed by atoms with Gasteiger partial charge in [-0.05, 0) is 30.2 Å². The molecule has 2 heterocycles. The largest absolute Gasteiger partial charge is 0.394 e. The van der Waals surface area contributed by atoms with E-state index in [1.165, 1.54) is 7.11 Å². The van der Waals surface area contributed by atoms with Gasteiger partial charge in [-0.15, -0.1) is 0 Å². The highest BCUT2D eigenvalue weighted by Crippen LogP contribution is 2.29. The topological polar surface area (TPSA) is 228 Å². The monoisotopic (exact) mass is 1010 g/mol. The predicted molar refractivity (Wildman–Crippen MR) is 268 cm³/mol. The Morgan fingerprint density at radius 2 is 1.37 bits per heavy atom. The summed E-state index contributed by atoms with van der Waals surface area (Å²) in [6, 6.07) is 7.32. The number of hydrogen-bond donors (Lipinski definition) is 5. The van der Waals surface area contributed by atoms with Crippen molar-refractivity contribution in [1.82, 2.24) is 36.0 Å².